The maximum atomic E-state index is 12.1. The van der Waals surface area contributed by atoms with Gasteiger partial charge >= 0.3 is 0 Å². The van der Waals surface area contributed by atoms with Crippen molar-refractivity contribution >= 4 is 5.91 Å². The third-order valence-electron chi connectivity index (χ3n) is 3.86. The zero-order chi connectivity index (χ0) is 14.7. The lowest BCUT2D eigenvalue weighted by Gasteiger charge is -2.34. The van der Waals surface area contributed by atoms with Gasteiger partial charge in [-0.1, -0.05) is 0 Å². The summed E-state index contributed by atoms with van der Waals surface area (Å²) >= 11 is 0. The molecule has 1 aliphatic heterocycles. The molecule has 3 heterocycles. The van der Waals surface area contributed by atoms with E-state index in [1.54, 1.807) is 18.5 Å². The van der Waals surface area contributed by atoms with Crippen LogP contribution in [0, 0.1) is 6.92 Å². The van der Waals surface area contributed by atoms with Crippen LogP contribution in [0.2, 0.25) is 0 Å². The Morgan fingerprint density at radius 2 is 2.10 bits per heavy atom. The minimum absolute atomic E-state index is 0.0192. The molecule has 0 N–H and O–H groups in total. The summed E-state index contributed by atoms with van der Waals surface area (Å²) in [5.41, 5.74) is 0. The van der Waals surface area contributed by atoms with Crippen LogP contribution in [-0.4, -0.2) is 63.2 Å². The molecule has 1 fully saturated rings. The predicted molar refractivity (Wildman–Crippen MR) is 75.8 cm³/mol. The zero-order valence-electron chi connectivity index (χ0n) is 12.1. The molecule has 1 saturated heterocycles. The molecule has 3 rings (SSSR count). The second-order valence-electron chi connectivity index (χ2n) is 5.18. The molecule has 0 bridgehead atoms. The van der Waals surface area contributed by atoms with Gasteiger partial charge in [-0.3, -0.25) is 9.69 Å². The van der Waals surface area contributed by atoms with Crippen molar-refractivity contribution in [1.29, 1.82) is 0 Å². The van der Waals surface area contributed by atoms with E-state index in [0.717, 1.165) is 45.1 Å². The number of rotatable bonds is 4. The van der Waals surface area contributed by atoms with E-state index in [4.69, 9.17) is 4.42 Å². The maximum absolute atomic E-state index is 12.1. The standard InChI is InChI=1S/C14H19N5O2/c1-12-16-15-11-19(12)9-6-17-4-7-18(8-5-17)14(20)13-3-2-10-21-13/h2-3,10-11H,4-9H2,1H3. The molecule has 2 aromatic heterocycles. The van der Waals surface area contributed by atoms with E-state index in [9.17, 15) is 4.79 Å². The van der Waals surface area contributed by atoms with Crippen molar-refractivity contribution in [3.63, 3.8) is 0 Å². The predicted octanol–water partition coefficient (Wildman–Crippen LogP) is 0.638. The lowest BCUT2D eigenvalue weighted by Crippen LogP contribution is -2.49. The Hall–Kier alpha value is -2.15. The summed E-state index contributed by atoms with van der Waals surface area (Å²) in [6.07, 6.45) is 3.29. The van der Waals surface area contributed by atoms with Crippen molar-refractivity contribution in [2.45, 2.75) is 13.5 Å². The van der Waals surface area contributed by atoms with Crippen LogP contribution in [0.1, 0.15) is 16.4 Å². The van der Waals surface area contributed by atoms with Gasteiger partial charge in [0.2, 0.25) is 0 Å². The fourth-order valence-electron chi connectivity index (χ4n) is 2.51. The minimum atomic E-state index is -0.0192. The van der Waals surface area contributed by atoms with E-state index in [-0.39, 0.29) is 5.91 Å². The van der Waals surface area contributed by atoms with Gasteiger partial charge in [-0.15, -0.1) is 10.2 Å². The molecule has 0 radical (unpaired) electrons. The Kier molecular flexibility index (Phi) is 4.01. The number of nitrogens with zero attached hydrogens (tertiary/aromatic N) is 5. The molecule has 2 aromatic rings. The first kappa shape index (κ1) is 13.8. The van der Waals surface area contributed by atoms with E-state index in [1.807, 2.05) is 16.4 Å². The Balaban J connectivity index is 1.47. The van der Waals surface area contributed by atoms with Gasteiger partial charge in [0.15, 0.2) is 5.76 Å². The largest absolute Gasteiger partial charge is 0.459 e. The number of furan rings is 1. The van der Waals surface area contributed by atoms with Gasteiger partial charge in [0.05, 0.1) is 6.26 Å². The highest BCUT2D eigenvalue weighted by atomic mass is 16.3. The van der Waals surface area contributed by atoms with Crippen molar-refractivity contribution in [2.75, 3.05) is 32.7 Å². The van der Waals surface area contributed by atoms with E-state index in [1.165, 1.54) is 6.26 Å². The van der Waals surface area contributed by atoms with E-state index < -0.39 is 0 Å². The molecule has 0 saturated carbocycles. The van der Waals surface area contributed by atoms with Crippen molar-refractivity contribution in [2.24, 2.45) is 0 Å². The smallest absolute Gasteiger partial charge is 0.289 e. The van der Waals surface area contributed by atoms with Gasteiger partial charge in [0.25, 0.3) is 5.91 Å². The van der Waals surface area contributed by atoms with E-state index in [0.29, 0.717) is 5.76 Å². The van der Waals surface area contributed by atoms with Crippen LogP contribution in [-0.2, 0) is 6.54 Å². The number of aryl methyl sites for hydroxylation is 1. The monoisotopic (exact) mass is 289 g/mol. The highest BCUT2D eigenvalue weighted by Gasteiger charge is 2.23. The average Bonchev–Trinajstić information content (AvgIpc) is 3.17. The second kappa shape index (κ2) is 6.09. The minimum Gasteiger partial charge on any atom is -0.459 e. The Morgan fingerprint density at radius 1 is 1.29 bits per heavy atom. The van der Waals surface area contributed by atoms with Crippen molar-refractivity contribution in [3.05, 3.63) is 36.3 Å². The van der Waals surface area contributed by atoms with Crippen LogP contribution >= 0.6 is 0 Å². The van der Waals surface area contributed by atoms with Gasteiger partial charge in [-0.05, 0) is 19.1 Å². The first-order valence-electron chi connectivity index (χ1n) is 7.13. The third kappa shape index (κ3) is 3.13. The Bertz CT molecular complexity index is 584. The molecule has 0 atom stereocenters. The summed E-state index contributed by atoms with van der Waals surface area (Å²) in [6, 6.07) is 3.45. The van der Waals surface area contributed by atoms with E-state index in [2.05, 4.69) is 15.1 Å². The Morgan fingerprint density at radius 3 is 2.71 bits per heavy atom. The van der Waals surface area contributed by atoms with Gasteiger partial charge in [-0.2, -0.15) is 0 Å². The fraction of sp³-hybridized carbons (Fsp3) is 0.500. The maximum Gasteiger partial charge on any atom is 0.289 e. The number of aromatic nitrogens is 3. The molecule has 0 aliphatic carbocycles. The van der Waals surface area contributed by atoms with Gasteiger partial charge < -0.3 is 13.9 Å². The number of carbonyl (C=O) groups is 1. The first-order chi connectivity index (χ1) is 10.2. The van der Waals surface area contributed by atoms with Crippen LogP contribution in [0.5, 0.6) is 0 Å². The Labute approximate surface area is 123 Å². The van der Waals surface area contributed by atoms with Crippen LogP contribution in [0.25, 0.3) is 0 Å². The highest BCUT2D eigenvalue weighted by Crippen LogP contribution is 2.09. The molecule has 7 heteroatoms. The SMILES string of the molecule is Cc1nncn1CCN1CCN(C(=O)c2ccco2)CC1. The summed E-state index contributed by atoms with van der Waals surface area (Å²) in [4.78, 5) is 16.3. The quantitative estimate of drug-likeness (QED) is 0.826. The molecule has 1 aliphatic rings. The first-order valence-corrected chi connectivity index (χ1v) is 7.13. The third-order valence-corrected chi connectivity index (χ3v) is 3.86. The van der Waals surface area contributed by atoms with E-state index >= 15 is 0 Å². The topological polar surface area (TPSA) is 67.4 Å². The molecule has 112 valence electrons. The van der Waals surface area contributed by atoms with Crippen LogP contribution < -0.4 is 0 Å². The lowest BCUT2D eigenvalue weighted by molar-refractivity contribution is 0.0602. The molecular formula is C14H19N5O2. The van der Waals surface area contributed by atoms with Crippen molar-refractivity contribution in [1.82, 2.24) is 24.6 Å². The number of hydrogen-bond acceptors (Lipinski definition) is 5. The molecule has 7 nitrogen and oxygen atoms in total. The molecule has 1 amide bonds. The second-order valence-corrected chi connectivity index (χ2v) is 5.18. The normalized spacial score (nSPS) is 16.3. The molecule has 0 aromatic carbocycles. The number of piperazine rings is 1. The summed E-state index contributed by atoms with van der Waals surface area (Å²) in [6.45, 7) is 7.02. The number of hydrogen-bond donors (Lipinski definition) is 0. The summed E-state index contributed by atoms with van der Waals surface area (Å²) in [5.74, 6) is 1.33. The van der Waals surface area contributed by atoms with Crippen LogP contribution in [0.4, 0.5) is 0 Å². The lowest BCUT2D eigenvalue weighted by atomic mass is 10.3. The summed E-state index contributed by atoms with van der Waals surface area (Å²) < 4.78 is 7.20. The van der Waals surface area contributed by atoms with Crippen LogP contribution in [0.15, 0.2) is 29.1 Å². The average molecular weight is 289 g/mol. The number of amides is 1. The highest BCUT2D eigenvalue weighted by molar-refractivity contribution is 5.91. The molecule has 0 unspecified atom stereocenters. The molecule has 0 spiro atoms. The number of carbonyl (C=O) groups excluding carboxylic acids is 1. The summed E-state index contributed by atoms with van der Waals surface area (Å²) in [5, 5.41) is 7.86. The molecule has 21 heavy (non-hydrogen) atoms. The zero-order valence-corrected chi connectivity index (χ0v) is 12.1. The molecular weight excluding hydrogens is 270 g/mol. The van der Waals surface area contributed by atoms with Gasteiger partial charge in [0, 0.05) is 39.3 Å². The fourth-order valence-corrected chi connectivity index (χ4v) is 2.51. The van der Waals surface area contributed by atoms with Crippen LogP contribution in [0.3, 0.4) is 0 Å². The van der Waals surface area contributed by atoms with Crippen molar-refractivity contribution in [3.8, 4) is 0 Å². The van der Waals surface area contributed by atoms with Gasteiger partial charge in [-0.25, -0.2) is 0 Å². The van der Waals surface area contributed by atoms with Crippen molar-refractivity contribution < 1.29 is 9.21 Å². The summed E-state index contributed by atoms with van der Waals surface area (Å²) in [7, 11) is 0. The van der Waals surface area contributed by atoms with Gasteiger partial charge in [0.1, 0.15) is 12.2 Å².